The third kappa shape index (κ3) is 2.35. The maximum atomic E-state index is 6.16. The van der Waals surface area contributed by atoms with Crippen molar-refractivity contribution in [3.63, 3.8) is 0 Å². The van der Waals surface area contributed by atoms with E-state index in [2.05, 4.69) is 49.4 Å². The van der Waals surface area contributed by atoms with Crippen molar-refractivity contribution in [2.24, 2.45) is 5.92 Å². The minimum Gasteiger partial charge on any atom is -0.493 e. The summed E-state index contributed by atoms with van der Waals surface area (Å²) in [5.74, 6) is 2.51. The van der Waals surface area contributed by atoms with E-state index in [1.54, 1.807) is 0 Å². The van der Waals surface area contributed by atoms with E-state index in [1.165, 1.54) is 34.4 Å². The molecule has 1 atom stereocenters. The van der Waals surface area contributed by atoms with Gasteiger partial charge in [-0.1, -0.05) is 49.4 Å². The molecule has 2 aliphatic rings. The van der Waals surface area contributed by atoms with Crippen LogP contribution in [0.1, 0.15) is 41.5 Å². The van der Waals surface area contributed by atoms with E-state index in [4.69, 9.17) is 4.74 Å². The third-order valence-electron chi connectivity index (χ3n) is 5.04. The normalized spacial score (nSPS) is 21.3. The van der Waals surface area contributed by atoms with Crippen LogP contribution < -0.4 is 4.74 Å². The molecule has 1 heterocycles. The number of hydrogen-bond donors (Lipinski definition) is 0. The van der Waals surface area contributed by atoms with E-state index >= 15 is 0 Å². The molecule has 4 rings (SSSR count). The summed E-state index contributed by atoms with van der Waals surface area (Å²) in [7, 11) is 0. The number of ether oxygens (including phenoxy) is 1. The highest BCUT2D eigenvalue weighted by atomic mass is 16.5. The zero-order valence-corrected chi connectivity index (χ0v) is 12.6. The summed E-state index contributed by atoms with van der Waals surface area (Å²) in [6.07, 6.45) is 4.64. The molecule has 0 bridgehead atoms. The van der Waals surface area contributed by atoms with Crippen molar-refractivity contribution in [2.75, 3.05) is 6.61 Å². The molecule has 0 spiro atoms. The van der Waals surface area contributed by atoms with E-state index in [9.17, 15) is 0 Å². The van der Waals surface area contributed by atoms with Gasteiger partial charge in [0.1, 0.15) is 5.75 Å². The number of hydrogen-bond acceptors (Lipinski definition) is 1. The molecule has 0 saturated carbocycles. The predicted molar refractivity (Wildman–Crippen MR) is 86.0 cm³/mol. The first-order valence-electron chi connectivity index (χ1n) is 8.12. The quantitative estimate of drug-likeness (QED) is 0.744. The molecule has 0 N–H and O–H groups in total. The Hall–Kier alpha value is -1.76. The first kappa shape index (κ1) is 12.9. The molecule has 0 saturated heterocycles. The van der Waals surface area contributed by atoms with Crippen molar-refractivity contribution in [2.45, 2.75) is 38.5 Å². The van der Waals surface area contributed by atoms with Gasteiger partial charge >= 0.3 is 0 Å². The van der Waals surface area contributed by atoms with E-state index < -0.39 is 0 Å². The Morgan fingerprint density at radius 2 is 1.57 bits per heavy atom. The van der Waals surface area contributed by atoms with Crippen molar-refractivity contribution in [3.05, 3.63) is 64.7 Å². The second-order valence-corrected chi connectivity index (χ2v) is 6.66. The van der Waals surface area contributed by atoms with Crippen LogP contribution >= 0.6 is 0 Å². The molecular weight excluding hydrogens is 256 g/mol. The summed E-state index contributed by atoms with van der Waals surface area (Å²) in [4.78, 5) is 0. The van der Waals surface area contributed by atoms with E-state index in [0.717, 1.165) is 31.8 Å². The highest BCUT2D eigenvalue weighted by Gasteiger charge is 2.27. The highest BCUT2D eigenvalue weighted by Crippen LogP contribution is 2.41. The molecule has 21 heavy (non-hydrogen) atoms. The lowest BCUT2D eigenvalue weighted by molar-refractivity contribution is 0.296. The summed E-state index contributed by atoms with van der Waals surface area (Å²) in [6, 6.07) is 15.6. The first-order chi connectivity index (χ1) is 10.3. The fraction of sp³-hybridized carbons (Fsp3) is 0.400. The highest BCUT2D eigenvalue weighted by molar-refractivity contribution is 5.48. The summed E-state index contributed by atoms with van der Waals surface area (Å²) in [5, 5.41) is 0. The van der Waals surface area contributed by atoms with Crippen LogP contribution in [0.15, 0.2) is 42.5 Å². The van der Waals surface area contributed by atoms with E-state index in [0.29, 0.717) is 5.92 Å². The van der Waals surface area contributed by atoms with Crippen LogP contribution in [-0.4, -0.2) is 6.61 Å². The second kappa shape index (κ2) is 5.22. The number of rotatable bonds is 1. The van der Waals surface area contributed by atoms with Crippen molar-refractivity contribution < 1.29 is 4.74 Å². The molecule has 0 fully saturated rings. The van der Waals surface area contributed by atoms with E-state index in [1.807, 2.05) is 0 Å². The smallest absolute Gasteiger partial charge is 0.125 e. The van der Waals surface area contributed by atoms with E-state index in [-0.39, 0.29) is 0 Å². The zero-order chi connectivity index (χ0) is 14.2. The topological polar surface area (TPSA) is 9.23 Å². The molecule has 2 aromatic rings. The second-order valence-electron chi connectivity index (χ2n) is 6.66. The Balaban J connectivity index is 1.70. The Bertz CT molecular complexity index is 634. The van der Waals surface area contributed by atoms with Gasteiger partial charge in [0.05, 0.1) is 6.61 Å². The third-order valence-corrected chi connectivity index (χ3v) is 5.04. The predicted octanol–water partition coefficient (Wildman–Crippen LogP) is 4.53. The van der Waals surface area contributed by atoms with Gasteiger partial charge in [0.15, 0.2) is 0 Å². The summed E-state index contributed by atoms with van der Waals surface area (Å²) in [5.41, 5.74) is 5.87. The summed E-state index contributed by atoms with van der Waals surface area (Å²) in [6.45, 7) is 3.20. The Morgan fingerprint density at radius 1 is 0.857 bits per heavy atom. The van der Waals surface area contributed by atoms with Gasteiger partial charge in [-0.25, -0.2) is 0 Å². The van der Waals surface area contributed by atoms with Gasteiger partial charge in [-0.3, -0.25) is 0 Å². The standard InChI is InChI=1S/C20H22O/c1-14-9-10-21-20-17(11-14)7-4-8-19(20)18-12-15-5-2-3-6-16(15)13-18/h2-8,14,18H,9-13H2,1H3/t14-/m0/s1. The average molecular weight is 278 g/mol. The van der Waals surface area contributed by atoms with Crippen molar-refractivity contribution >= 4 is 0 Å². The van der Waals surface area contributed by atoms with Crippen LogP contribution in [0.4, 0.5) is 0 Å². The fourth-order valence-electron chi connectivity index (χ4n) is 3.88. The molecule has 1 nitrogen and oxygen atoms in total. The van der Waals surface area contributed by atoms with Gasteiger partial charge in [-0.15, -0.1) is 0 Å². The van der Waals surface area contributed by atoms with Crippen molar-refractivity contribution in [1.82, 2.24) is 0 Å². The van der Waals surface area contributed by atoms with Crippen LogP contribution in [0.25, 0.3) is 0 Å². The molecular formula is C20H22O. The molecule has 0 amide bonds. The van der Waals surface area contributed by atoms with Gasteiger partial charge in [0, 0.05) is 0 Å². The van der Waals surface area contributed by atoms with Crippen LogP contribution in [0.5, 0.6) is 5.75 Å². The lowest BCUT2D eigenvalue weighted by Gasteiger charge is -2.17. The lowest BCUT2D eigenvalue weighted by Crippen LogP contribution is -2.04. The SMILES string of the molecule is C[C@H]1CCOc2c(cccc2C2Cc3ccccc3C2)C1. The Morgan fingerprint density at radius 3 is 2.33 bits per heavy atom. The largest absolute Gasteiger partial charge is 0.493 e. The minimum absolute atomic E-state index is 0.589. The molecule has 1 aliphatic carbocycles. The maximum absolute atomic E-state index is 6.16. The number of benzene rings is 2. The minimum atomic E-state index is 0.589. The molecule has 2 aromatic carbocycles. The van der Waals surface area contributed by atoms with Crippen molar-refractivity contribution in [1.29, 1.82) is 0 Å². The van der Waals surface area contributed by atoms with Crippen LogP contribution in [-0.2, 0) is 19.3 Å². The fourth-order valence-corrected chi connectivity index (χ4v) is 3.88. The number of fused-ring (bicyclic) bond motifs is 2. The molecule has 0 aromatic heterocycles. The average Bonchev–Trinajstić information content (AvgIpc) is 2.82. The van der Waals surface area contributed by atoms with Crippen LogP contribution in [0.2, 0.25) is 0 Å². The van der Waals surface area contributed by atoms with Gasteiger partial charge in [-0.05, 0) is 59.8 Å². The van der Waals surface area contributed by atoms with Gasteiger partial charge < -0.3 is 4.74 Å². The summed E-state index contributed by atoms with van der Waals surface area (Å²) < 4.78 is 6.16. The van der Waals surface area contributed by atoms with Gasteiger partial charge in [0.2, 0.25) is 0 Å². The Kier molecular flexibility index (Phi) is 3.21. The summed E-state index contributed by atoms with van der Waals surface area (Å²) >= 11 is 0. The van der Waals surface area contributed by atoms with Crippen molar-refractivity contribution in [3.8, 4) is 5.75 Å². The Labute approximate surface area is 127 Å². The monoisotopic (exact) mass is 278 g/mol. The first-order valence-corrected chi connectivity index (χ1v) is 8.12. The number of para-hydroxylation sites is 1. The van der Waals surface area contributed by atoms with Crippen LogP contribution in [0.3, 0.4) is 0 Å². The maximum Gasteiger partial charge on any atom is 0.125 e. The van der Waals surface area contributed by atoms with Gasteiger partial charge in [-0.2, -0.15) is 0 Å². The molecule has 0 radical (unpaired) electrons. The lowest BCUT2D eigenvalue weighted by atomic mass is 9.91. The molecule has 0 unspecified atom stereocenters. The molecule has 108 valence electrons. The molecule has 1 heteroatoms. The van der Waals surface area contributed by atoms with Gasteiger partial charge in [0.25, 0.3) is 0 Å². The zero-order valence-electron chi connectivity index (χ0n) is 12.6. The molecule has 1 aliphatic heterocycles. The van der Waals surface area contributed by atoms with Crippen LogP contribution in [0, 0.1) is 5.92 Å².